The van der Waals surface area contributed by atoms with Crippen LogP contribution in [0.5, 0.6) is 5.75 Å². The molecule has 2 aliphatic rings. The van der Waals surface area contributed by atoms with E-state index in [-0.39, 0.29) is 11.3 Å². The highest BCUT2D eigenvalue weighted by atomic mass is 32.1. The zero-order valence-corrected chi connectivity index (χ0v) is 20.7. The Morgan fingerprint density at radius 3 is 2.76 bits per heavy atom. The highest BCUT2D eigenvalue weighted by molar-refractivity contribution is 7.17. The number of aryl methyl sites for hydroxylation is 1. The molecule has 0 radical (unpaired) electrons. The van der Waals surface area contributed by atoms with Crippen LogP contribution in [-0.4, -0.2) is 60.0 Å². The number of carbonyl (C=O) groups excluding carboxylic acids is 1. The molecule has 6 nitrogen and oxygen atoms in total. The van der Waals surface area contributed by atoms with Crippen molar-refractivity contribution in [2.24, 2.45) is 5.41 Å². The average Bonchev–Trinajstić information content (AvgIpc) is 3.26. The normalized spacial score (nSPS) is 19.8. The Bertz CT molecular complexity index is 907. The van der Waals surface area contributed by atoms with E-state index >= 15 is 0 Å². The molecule has 2 aromatic rings. The molecule has 0 unspecified atom stereocenters. The average molecular weight is 471 g/mol. The van der Waals surface area contributed by atoms with Gasteiger partial charge < -0.3 is 15.4 Å². The summed E-state index contributed by atoms with van der Waals surface area (Å²) in [6, 6.07) is 8.52. The van der Waals surface area contributed by atoms with Crippen molar-refractivity contribution in [2.75, 3.05) is 45.1 Å². The highest BCUT2D eigenvalue weighted by Gasteiger charge is 2.37. The van der Waals surface area contributed by atoms with Gasteiger partial charge in [-0.25, -0.2) is 4.98 Å². The molecule has 33 heavy (non-hydrogen) atoms. The molecule has 3 heterocycles. The Kier molecular flexibility index (Phi) is 8.25. The lowest BCUT2D eigenvalue weighted by Crippen LogP contribution is -2.48. The number of unbranched alkanes of at least 4 members (excludes halogenated alkanes) is 1. The summed E-state index contributed by atoms with van der Waals surface area (Å²) in [6.07, 6.45) is 10.9. The minimum Gasteiger partial charge on any atom is -0.492 e. The van der Waals surface area contributed by atoms with E-state index in [1.165, 1.54) is 49.0 Å². The quantitative estimate of drug-likeness (QED) is 0.691. The number of anilines is 1. The van der Waals surface area contributed by atoms with Crippen molar-refractivity contribution in [1.29, 1.82) is 0 Å². The third-order valence-electron chi connectivity index (χ3n) is 7.27. The molecule has 180 valence electrons. The Balaban J connectivity index is 1.45. The summed E-state index contributed by atoms with van der Waals surface area (Å²) in [6.45, 7) is 7.80. The number of benzene rings is 1. The highest BCUT2D eigenvalue weighted by Crippen LogP contribution is 2.39. The maximum absolute atomic E-state index is 12.9. The second-order valence-electron chi connectivity index (χ2n) is 9.65. The van der Waals surface area contributed by atoms with Crippen LogP contribution in [0.1, 0.15) is 67.1 Å². The number of likely N-dealkylation sites (tertiary alicyclic amines) is 1. The van der Waals surface area contributed by atoms with E-state index in [1.54, 1.807) is 6.20 Å². The number of aromatic nitrogens is 1. The van der Waals surface area contributed by atoms with Gasteiger partial charge >= 0.3 is 0 Å². The van der Waals surface area contributed by atoms with E-state index in [2.05, 4.69) is 41.1 Å². The zero-order chi connectivity index (χ0) is 23.1. The molecule has 0 aliphatic carbocycles. The van der Waals surface area contributed by atoms with E-state index in [9.17, 15) is 4.79 Å². The third kappa shape index (κ3) is 6.27. The third-order valence-corrected chi connectivity index (χ3v) is 8.09. The topological polar surface area (TPSA) is 71.7 Å². The number of amides is 1. The molecule has 4 rings (SSSR count). The number of piperidine rings is 1. The molecule has 0 atom stereocenters. The molecule has 1 spiro atoms. The maximum Gasteiger partial charge on any atom is 0.265 e. The van der Waals surface area contributed by atoms with Gasteiger partial charge in [0.1, 0.15) is 17.2 Å². The van der Waals surface area contributed by atoms with Crippen LogP contribution < -0.4 is 10.5 Å². The number of hydrogen-bond acceptors (Lipinski definition) is 6. The second kappa shape index (κ2) is 11.3. The van der Waals surface area contributed by atoms with E-state index in [0.29, 0.717) is 10.0 Å². The fourth-order valence-electron chi connectivity index (χ4n) is 5.29. The molecule has 1 saturated heterocycles. The number of ether oxygens (including phenoxy) is 1. The van der Waals surface area contributed by atoms with Gasteiger partial charge in [-0.05, 0) is 62.1 Å². The van der Waals surface area contributed by atoms with Crippen LogP contribution in [0.2, 0.25) is 0 Å². The number of carbonyl (C=O) groups is 1. The first-order chi connectivity index (χ1) is 16.1. The lowest BCUT2D eigenvalue weighted by Gasteiger charge is -2.45. The number of nitrogens with two attached hydrogens (primary N) is 1. The van der Waals surface area contributed by atoms with Crippen LogP contribution in [0, 0.1) is 5.41 Å². The lowest BCUT2D eigenvalue weighted by molar-refractivity contribution is 0.0378. The molecule has 1 aromatic heterocycles. The molecule has 1 fully saturated rings. The Labute approximate surface area is 202 Å². The number of hydrogen-bond donors (Lipinski definition) is 1. The fourth-order valence-corrected chi connectivity index (χ4v) is 5.94. The van der Waals surface area contributed by atoms with Crippen molar-refractivity contribution in [1.82, 2.24) is 14.8 Å². The lowest BCUT2D eigenvalue weighted by atomic mass is 9.73. The summed E-state index contributed by atoms with van der Waals surface area (Å²) in [4.78, 5) is 22.3. The predicted molar refractivity (Wildman–Crippen MR) is 135 cm³/mol. The van der Waals surface area contributed by atoms with Crippen molar-refractivity contribution in [2.45, 2.75) is 58.3 Å². The first kappa shape index (κ1) is 24.0. The van der Waals surface area contributed by atoms with E-state index in [0.717, 1.165) is 64.3 Å². The minimum atomic E-state index is 0.0834. The number of thiazole rings is 1. The summed E-state index contributed by atoms with van der Waals surface area (Å²) >= 11 is 1.29. The number of nitrogen functional groups attached to an aromatic ring is 1. The molecule has 2 aliphatic heterocycles. The largest absolute Gasteiger partial charge is 0.492 e. The van der Waals surface area contributed by atoms with Gasteiger partial charge in [0.05, 0.1) is 6.20 Å². The zero-order valence-electron chi connectivity index (χ0n) is 19.9. The van der Waals surface area contributed by atoms with Crippen LogP contribution in [0.25, 0.3) is 0 Å². The fraction of sp³-hybridized carbons (Fsp3) is 0.615. The molecule has 2 N–H and O–H groups in total. The van der Waals surface area contributed by atoms with Gasteiger partial charge in [0, 0.05) is 26.2 Å². The van der Waals surface area contributed by atoms with Gasteiger partial charge in [0.2, 0.25) is 0 Å². The molecule has 1 amide bonds. The van der Waals surface area contributed by atoms with Crippen LogP contribution in [0.3, 0.4) is 0 Å². The van der Waals surface area contributed by atoms with Crippen LogP contribution in [0.15, 0.2) is 30.5 Å². The Morgan fingerprint density at radius 1 is 1.18 bits per heavy atom. The van der Waals surface area contributed by atoms with Crippen molar-refractivity contribution < 1.29 is 9.53 Å². The maximum atomic E-state index is 12.9. The Hall–Kier alpha value is -2.12. The second-order valence-corrected chi connectivity index (χ2v) is 10.7. The standard InChI is InChI=1S/C26H38N4O2S/c1-2-3-14-29-17-18-32-22-10-5-4-8-21(22)9-6-7-11-26(20-29)12-15-30(16-13-26)24(31)23-19-28-25(27)33-23/h4-5,8,10,19H,2-3,6-7,9,11-18,20H2,1H3,(H2,27,28). The molecular weight excluding hydrogens is 432 g/mol. The van der Waals surface area contributed by atoms with Crippen molar-refractivity contribution in [3.05, 3.63) is 40.9 Å². The smallest absolute Gasteiger partial charge is 0.265 e. The first-order valence-electron chi connectivity index (χ1n) is 12.5. The monoisotopic (exact) mass is 470 g/mol. The summed E-state index contributed by atoms with van der Waals surface area (Å²) in [5.74, 6) is 1.14. The molecular formula is C26H38N4O2S. The summed E-state index contributed by atoms with van der Waals surface area (Å²) in [5, 5.41) is 0.460. The van der Waals surface area contributed by atoms with E-state index in [4.69, 9.17) is 10.5 Å². The van der Waals surface area contributed by atoms with Crippen LogP contribution in [0.4, 0.5) is 5.13 Å². The number of para-hydroxylation sites is 1. The number of nitrogens with zero attached hydrogens (tertiary/aromatic N) is 3. The molecule has 1 aromatic carbocycles. The SMILES string of the molecule is CCCCN1CCOc2ccccc2CCCCC2(CCN(C(=O)c3cnc(N)s3)CC2)C1. The van der Waals surface area contributed by atoms with Gasteiger partial charge in [-0.1, -0.05) is 49.3 Å². The number of fused-ring (bicyclic) bond motifs is 1. The van der Waals surface area contributed by atoms with Gasteiger partial charge in [-0.15, -0.1) is 0 Å². The van der Waals surface area contributed by atoms with Gasteiger partial charge in [0.25, 0.3) is 5.91 Å². The van der Waals surface area contributed by atoms with Crippen LogP contribution in [-0.2, 0) is 6.42 Å². The summed E-state index contributed by atoms with van der Waals surface area (Å²) in [5.41, 5.74) is 7.35. The van der Waals surface area contributed by atoms with E-state index < -0.39 is 0 Å². The van der Waals surface area contributed by atoms with Gasteiger partial charge in [-0.2, -0.15) is 0 Å². The summed E-state index contributed by atoms with van der Waals surface area (Å²) < 4.78 is 6.24. The first-order valence-corrected chi connectivity index (χ1v) is 13.3. The predicted octanol–water partition coefficient (Wildman–Crippen LogP) is 4.86. The van der Waals surface area contributed by atoms with Crippen molar-refractivity contribution in [3.8, 4) is 5.75 Å². The number of rotatable bonds is 4. The molecule has 7 heteroatoms. The van der Waals surface area contributed by atoms with E-state index in [1.807, 2.05) is 4.90 Å². The van der Waals surface area contributed by atoms with Gasteiger partial charge in [-0.3, -0.25) is 9.69 Å². The molecule has 0 saturated carbocycles. The Morgan fingerprint density at radius 2 is 2.00 bits per heavy atom. The minimum absolute atomic E-state index is 0.0834. The van der Waals surface area contributed by atoms with Crippen molar-refractivity contribution >= 4 is 22.4 Å². The van der Waals surface area contributed by atoms with Gasteiger partial charge in [0.15, 0.2) is 5.13 Å². The van der Waals surface area contributed by atoms with Crippen LogP contribution >= 0.6 is 11.3 Å². The van der Waals surface area contributed by atoms with Crippen molar-refractivity contribution in [3.63, 3.8) is 0 Å². The summed E-state index contributed by atoms with van der Waals surface area (Å²) in [7, 11) is 0. The molecule has 0 bridgehead atoms.